The van der Waals surface area contributed by atoms with Gasteiger partial charge in [-0.2, -0.15) is 0 Å². The number of nitrogens with zero attached hydrogens (tertiary/aromatic N) is 1. The van der Waals surface area contributed by atoms with E-state index in [1.165, 1.54) is 20.2 Å². The molecule has 0 radical (unpaired) electrons. The Balaban J connectivity index is 2.75. The predicted molar refractivity (Wildman–Crippen MR) is 83.1 cm³/mol. The molecular weight excluding hydrogens is 308 g/mol. The molecule has 22 heavy (non-hydrogen) atoms. The second kappa shape index (κ2) is 7.90. The minimum absolute atomic E-state index is 0.197. The van der Waals surface area contributed by atoms with Crippen LogP contribution < -0.4 is 5.32 Å². The van der Waals surface area contributed by atoms with Crippen LogP contribution in [0.25, 0.3) is 0 Å². The minimum atomic E-state index is -3.44. The molecule has 1 amide bonds. The van der Waals surface area contributed by atoms with Gasteiger partial charge in [-0.1, -0.05) is 12.1 Å². The average Bonchev–Trinajstić information content (AvgIpc) is 2.46. The van der Waals surface area contributed by atoms with Crippen molar-refractivity contribution >= 4 is 27.6 Å². The van der Waals surface area contributed by atoms with Gasteiger partial charge in [-0.05, 0) is 19.1 Å². The fourth-order valence-corrected chi connectivity index (χ4v) is 2.40. The summed E-state index contributed by atoms with van der Waals surface area (Å²) in [6.07, 6.45) is -0.197. The van der Waals surface area contributed by atoms with Gasteiger partial charge in [-0.3, -0.25) is 4.79 Å². The third-order valence-corrected chi connectivity index (χ3v) is 4.67. The van der Waals surface area contributed by atoms with Crippen LogP contribution in [0.4, 0.5) is 5.69 Å². The third kappa shape index (κ3) is 5.12. The Morgan fingerprint density at radius 3 is 2.45 bits per heavy atom. The number of hydrogen-bond acceptors (Lipinski definition) is 5. The van der Waals surface area contributed by atoms with Crippen molar-refractivity contribution in [2.24, 2.45) is 0 Å². The van der Waals surface area contributed by atoms with E-state index >= 15 is 0 Å². The van der Waals surface area contributed by atoms with Crippen LogP contribution in [0.5, 0.6) is 0 Å². The SMILES string of the molecule is CCOC(=O)c1ccccc1NC(=O)CCS(=O)(=O)N(C)C. The van der Waals surface area contributed by atoms with Crippen LogP contribution >= 0.6 is 0 Å². The second-order valence-corrected chi connectivity index (χ2v) is 6.97. The van der Waals surface area contributed by atoms with Gasteiger partial charge in [0.2, 0.25) is 15.9 Å². The number of ether oxygens (including phenoxy) is 1. The number of benzene rings is 1. The number of sulfonamides is 1. The van der Waals surface area contributed by atoms with E-state index in [2.05, 4.69) is 5.32 Å². The molecule has 0 aliphatic carbocycles. The van der Waals surface area contributed by atoms with Crippen LogP contribution in [-0.2, 0) is 19.6 Å². The summed E-state index contributed by atoms with van der Waals surface area (Å²) in [7, 11) is -0.628. The Hall–Kier alpha value is -1.93. The predicted octanol–water partition coefficient (Wildman–Crippen LogP) is 1.08. The number of para-hydroxylation sites is 1. The lowest BCUT2D eigenvalue weighted by Crippen LogP contribution is -2.27. The normalized spacial score (nSPS) is 11.3. The molecule has 0 saturated carbocycles. The standard InChI is InChI=1S/C14H20N2O5S/c1-4-21-14(18)11-7-5-6-8-12(11)15-13(17)9-10-22(19,20)16(2)3/h5-8H,4,9-10H2,1-3H3,(H,15,17). The van der Waals surface area contributed by atoms with Crippen molar-refractivity contribution in [3.8, 4) is 0 Å². The van der Waals surface area contributed by atoms with Crippen molar-refractivity contribution in [1.82, 2.24) is 4.31 Å². The fourth-order valence-electron chi connectivity index (χ4n) is 1.60. The molecule has 0 fully saturated rings. The summed E-state index contributed by atoms with van der Waals surface area (Å²) in [5, 5.41) is 2.54. The molecule has 0 aromatic heterocycles. The van der Waals surface area contributed by atoms with E-state index in [4.69, 9.17) is 4.74 Å². The van der Waals surface area contributed by atoms with Crippen molar-refractivity contribution < 1.29 is 22.7 Å². The summed E-state index contributed by atoms with van der Waals surface area (Å²) in [4.78, 5) is 23.6. The van der Waals surface area contributed by atoms with Crippen LogP contribution in [0.3, 0.4) is 0 Å². The molecule has 0 heterocycles. The van der Waals surface area contributed by atoms with Gasteiger partial charge in [0.25, 0.3) is 0 Å². The van der Waals surface area contributed by atoms with Gasteiger partial charge in [-0.25, -0.2) is 17.5 Å². The molecule has 0 unspecified atom stereocenters. The zero-order valence-corrected chi connectivity index (χ0v) is 13.6. The zero-order valence-electron chi connectivity index (χ0n) is 12.8. The van der Waals surface area contributed by atoms with Gasteiger partial charge in [0.1, 0.15) is 0 Å². The van der Waals surface area contributed by atoms with Crippen LogP contribution in [0.1, 0.15) is 23.7 Å². The lowest BCUT2D eigenvalue weighted by atomic mass is 10.1. The van der Waals surface area contributed by atoms with E-state index in [-0.39, 0.29) is 24.3 Å². The maximum atomic E-state index is 11.9. The van der Waals surface area contributed by atoms with Crippen molar-refractivity contribution in [3.63, 3.8) is 0 Å². The highest BCUT2D eigenvalue weighted by molar-refractivity contribution is 7.89. The first-order valence-corrected chi connectivity index (χ1v) is 8.35. The van der Waals surface area contributed by atoms with Gasteiger partial charge >= 0.3 is 5.97 Å². The van der Waals surface area contributed by atoms with E-state index in [1.807, 2.05) is 0 Å². The molecule has 122 valence electrons. The number of hydrogen-bond donors (Lipinski definition) is 1. The van der Waals surface area contributed by atoms with Gasteiger partial charge in [-0.15, -0.1) is 0 Å². The second-order valence-electron chi connectivity index (χ2n) is 4.66. The number of rotatable bonds is 7. The third-order valence-electron chi connectivity index (χ3n) is 2.84. The number of esters is 1. The Labute approximate surface area is 130 Å². The summed E-state index contributed by atoms with van der Waals surface area (Å²) in [5.74, 6) is -1.32. The van der Waals surface area contributed by atoms with E-state index in [1.54, 1.807) is 25.1 Å². The smallest absolute Gasteiger partial charge is 0.340 e. The first kappa shape index (κ1) is 18.1. The lowest BCUT2D eigenvalue weighted by Gasteiger charge is -2.12. The fraction of sp³-hybridized carbons (Fsp3) is 0.429. The summed E-state index contributed by atoms with van der Waals surface area (Å²) < 4.78 is 29.2. The van der Waals surface area contributed by atoms with Gasteiger partial charge in [0.05, 0.1) is 23.6 Å². The Bertz CT molecular complexity index is 640. The Morgan fingerprint density at radius 2 is 1.86 bits per heavy atom. The number of amides is 1. The summed E-state index contributed by atoms with van der Waals surface area (Å²) in [6.45, 7) is 1.91. The molecule has 1 aromatic rings. The summed E-state index contributed by atoms with van der Waals surface area (Å²) >= 11 is 0. The van der Waals surface area contributed by atoms with Crippen molar-refractivity contribution in [3.05, 3.63) is 29.8 Å². The average molecular weight is 328 g/mol. The molecule has 0 spiro atoms. The van der Waals surface area contributed by atoms with Crippen LogP contribution in [0.15, 0.2) is 24.3 Å². The van der Waals surface area contributed by atoms with Crippen molar-refractivity contribution in [2.45, 2.75) is 13.3 Å². The topological polar surface area (TPSA) is 92.8 Å². The largest absolute Gasteiger partial charge is 0.462 e. The van der Waals surface area contributed by atoms with Crippen LogP contribution in [0, 0.1) is 0 Å². The molecule has 0 saturated heterocycles. The van der Waals surface area contributed by atoms with Crippen molar-refractivity contribution in [1.29, 1.82) is 0 Å². The number of nitrogens with one attached hydrogen (secondary N) is 1. The lowest BCUT2D eigenvalue weighted by molar-refractivity contribution is -0.115. The van der Waals surface area contributed by atoms with E-state index in [9.17, 15) is 18.0 Å². The highest BCUT2D eigenvalue weighted by Gasteiger charge is 2.18. The highest BCUT2D eigenvalue weighted by atomic mass is 32.2. The molecule has 1 rings (SSSR count). The molecular formula is C14H20N2O5S. The van der Waals surface area contributed by atoms with Gasteiger partial charge in [0, 0.05) is 20.5 Å². The molecule has 7 nitrogen and oxygen atoms in total. The number of carbonyl (C=O) groups is 2. The molecule has 1 aromatic carbocycles. The highest BCUT2D eigenvalue weighted by Crippen LogP contribution is 2.16. The quantitative estimate of drug-likeness (QED) is 0.756. The van der Waals surface area contributed by atoms with Crippen molar-refractivity contribution in [2.75, 3.05) is 31.8 Å². The summed E-state index contributed by atoms with van der Waals surface area (Å²) in [6, 6.07) is 6.40. The summed E-state index contributed by atoms with van der Waals surface area (Å²) in [5.41, 5.74) is 0.529. The van der Waals surface area contributed by atoms with Gasteiger partial charge in [0.15, 0.2) is 0 Å². The maximum Gasteiger partial charge on any atom is 0.340 e. The molecule has 0 atom stereocenters. The van der Waals surface area contributed by atoms with Crippen LogP contribution in [-0.4, -0.2) is 51.1 Å². The zero-order chi connectivity index (χ0) is 16.8. The van der Waals surface area contributed by atoms with E-state index < -0.39 is 21.9 Å². The first-order valence-electron chi connectivity index (χ1n) is 6.74. The number of anilines is 1. The molecule has 0 aliphatic rings. The molecule has 0 bridgehead atoms. The monoisotopic (exact) mass is 328 g/mol. The molecule has 1 N–H and O–H groups in total. The van der Waals surface area contributed by atoms with E-state index in [0.29, 0.717) is 5.69 Å². The maximum absolute atomic E-state index is 11.9. The van der Waals surface area contributed by atoms with E-state index in [0.717, 1.165) is 4.31 Å². The van der Waals surface area contributed by atoms with Crippen LogP contribution in [0.2, 0.25) is 0 Å². The number of carbonyl (C=O) groups excluding carboxylic acids is 2. The minimum Gasteiger partial charge on any atom is -0.462 e. The molecule has 0 aliphatic heterocycles. The molecule has 8 heteroatoms. The Kier molecular flexibility index (Phi) is 6.51. The first-order chi connectivity index (χ1) is 10.3. The van der Waals surface area contributed by atoms with Gasteiger partial charge < -0.3 is 10.1 Å². The Morgan fingerprint density at radius 1 is 1.23 bits per heavy atom.